The summed E-state index contributed by atoms with van der Waals surface area (Å²) in [5, 5.41) is 6.33. The van der Waals surface area contributed by atoms with Crippen LogP contribution in [-0.4, -0.2) is 47.1 Å². The molecule has 2 N–H and O–H groups in total. The number of benzene rings is 2. The zero-order valence-corrected chi connectivity index (χ0v) is 17.2. The van der Waals surface area contributed by atoms with Gasteiger partial charge < -0.3 is 29.7 Å². The number of fused-ring (bicyclic) bond motifs is 1. The van der Waals surface area contributed by atoms with Crippen molar-refractivity contribution in [2.24, 2.45) is 4.99 Å². The Hall–Kier alpha value is -3.23. The summed E-state index contributed by atoms with van der Waals surface area (Å²) < 4.78 is 40.7. The third kappa shape index (κ3) is 5.65. The molecule has 9 heteroatoms. The van der Waals surface area contributed by atoms with Gasteiger partial charge in [0.25, 0.3) is 0 Å². The van der Waals surface area contributed by atoms with E-state index in [1.807, 2.05) is 14.1 Å². The Kier molecular flexibility index (Phi) is 7.16. The molecule has 0 amide bonds. The van der Waals surface area contributed by atoms with Gasteiger partial charge in [0, 0.05) is 51.5 Å². The van der Waals surface area contributed by atoms with Crippen LogP contribution >= 0.6 is 0 Å². The molecule has 7 nitrogen and oxygen atoms in total. The fourth-order valence-corrected chi connectivity index (χ4v) is 2.99. The molecule has 1 aliphatic heterocycles. The number of halogens is 2. The Bertz CT molecular complexity index is 873. The first-order valence-electron chi connectivity index (χ1n) is 9.54. The number of hydrogen-bond donors (Lipinski definition) is 2. The van der Waals surface area contributed by atoms with Gasteiger partial charge in [-0.15, -0.1) is 0 Å². The Morgan fingerprint density at radius 2 is 1.83 bits per heavy atom. The van der Waals surface area contributed by atoms with E-state index in [4.69, 9.17) is 9.47 Å². The molecule has 1 heterocycles. The molecule has 0 saturated carbocycles. The maximum atomic E-state index is 12.8. The Morgan fingerprint density at radius 3 is 2.47 bits per heavy atom. The van der Waals surface area contributed by atoms with E-state index in [1.54, 1.807) is 13.1 Å². The summed E-state index contributed by atoms with van der Waals surface area (Å²) in [6.07, 6.45) is 0.818. The van der Waals surface area contributed by atoms with Crippen molar-refractivity contribution in [3.8, 4) is 17.2 Å². The lowest BCUT2D eigenvalue weighted by molar-refractivity contribution is -0.0505. The zero-order chi connectivity index (χ0) is 21.5. The molecule has 2 aromatic carbocycles. The second kappa shape index (κ2) is 10.00. The maximum Gasteiger partial charge on any atom is 0.387 e. The number of anilines is 1. The van der Waals surface area contributed by atoms with Crippen LogP contribution in [0.15, 0.2) is 41.4 Å². The number of hydrogen-bond acceptors (Lipinski definition) is 5. The van der Waals surface area contributed by atoms with Crippen LogP contribution in [0.25, 0.3) is 0 Å². The van der Waals surface area contributed by atoms with Gasteiger partial charge in [0.15, 0.2) is 17.5 Å². The number of nitrogens with zero attached hydrogens (tertiary/aromatic N) is 2. The van der Waals surface area contributed by atoms with Gasteiger partial charge in [-0.1, -0.05) is 12.1 Å². The highest BCUT2D eigenvalue weighted by molar-refractivity contribution is 5.79. The molecule has 0 atom stereocenters. The molecular formula is C21H26F2N4O3. The van der Waals surface area contributed by atoms with Gasteiger partial charge in [-0.05, 0) is 30.2 Å². The SMILES string of the molecule is CN=C(NCCc1ccc(N(C)C)cc1)NCc1cc2c(cc1OC(F)F)OCO2. The number of alkyl halides is 2. The first kappa shape index (κ1) is 21.5. The van der Waals surface area contributed by atoms with Crippen LogP contribution < -0.4 is 29.7 Å². The second-order valence-corrected chi connectivity index (χ2v) is 6.86. The summed E-state index contributed by atoms with van der Waals surface area (Å²) in [6.45, 7) is -1.97. The van der Waals surface area contributed by atoms with Gasteiger partial charge in [0.1, 0.15) is 5.75 Å². The zero-order valence-electron chi connectivity index (χ0n) is 17.2. The van der Waals surface area contributed by atoms with E-state index in [-0.39, 0.29) is 19.1 Å². The average Bonchev–Trinajstić information content (AvgIpc) is 3.17. The summed E-state index contributed by atoms with van der Waals surface area (Å²) in [5.74, 6) is 1.48. The van der Waals surface area contributed by atoms with Crippen LogP contribution in [0.4, 0.5) is 14.5 Å². The molecule has 0 saturated heterocycles. The van der Waals surface area contributed by atoms with Crippen LogP contribution in [0.1, 0.15) is 11.1 Å². The molecule has 0 unspecified atom stereocenters. The molecule has 30 heavy (non-hydrogen) atoms. The number of aliphatic imine (C=N–C) groups is 1. The standard InChI is InChI=1S/C21H26F2N4O3/c1-24-21(25-9-8-14-4-6-16(7-5-14)27(2)3)26-12-15-10-18-19(29-13-28-18)11-17(15)30-20(22)23/h4-7,10-11,20H,8-9,12-13H2,1-3H3,(H2,24,25,26). The minimum atomic E-state index is -2.93. The van der Waals surface area contributed by atoms with E-state index in [2.05, 4.69) is 49.5 Å². The minimum Gasteiger partial charge on any atom is -0.454 e. The van der Waals surface area contributed by atoms with E-state index in [0.717, 1.165) is 12.1 Å². The van der Waals surface area contributed by atoms with Crippen LogP contribution in [0, 0.1) is 0 Å². The summed E-state index contributed by atoms with van der Waals surface area (Å²) in [6, 6.07) is 11.4. The Balaban J connectivity index is 1.55. The lowest BCUT2D eigenvalue weighted by Crippen LogP contribution is -2.38. The molecule has 3 rings (SSSR count). The topological polar surface area (TPSA) is 67.4 Å². The number of ether oxygens (including phenoxy) is 3. The molecule has 1 aliphatic rings. The van der Waals surface area contributed by atoms with Crippen molar-refractivity contribution in [1.82, 2.24) is 10.6 Å². The second-order valence-electron chi connectivity index (χ2n) is 6.86. The van der Waals surface area contributed by atoms with Crippen LogP contribution in [-0.2, 0) is 13.0 Å². The Morgan fingerprint density at radius 1 is 1.13 bits per heavy atom. The fourth-order valence-electron chi connectivity index (χ4n) is 2.99. The first-order chi connectivity index (χ1) is 14.5. The van der Waals surface area contributed by atoms with Crippen molar-refractivity contribution in [3.63, 3.8) is 0 Å². The van der Waals surface area contributed by atoms with Gasteiger partial charge in [-0.25, -0.2) is 0 Å². The van der Waals surface area contributed by atoms with Crippen LogP contribution in [0.3, 0.4) is 0 Å². The molecule has 0 aliphatic carbocycles. The predicted octanol–water partition coefficient (Wildman–Crippen LogP) is 2.99. The summed E-state index contributed by atoms with van der Waals surface area (Å²) >= 11 is 0. The fraction of sp³-hybridized carbons (Fsp3) is 0.381. The third-order valence-corrected chi connectivity index (χ3v) is 4.60. The van der Waals surface area contributed by atoms with E-state index in [0.29, 0.717) is 29.6 Å². The molecule has 162 valence electrons. The Labute approximate surface area is 174 Å². The average molecular weight is 420 g/mol. The van der Waals surface area contributed by atoms with Gasteiger partial charge in [0.05, 0.1) is 0 Å². The quantitative estimate of drug-likeness (QED) is 0.506. The highest BCUT2D eigenvalue weighted by Crippen LogP contribution is 2.38. The van der Waals surface area contributed by atoms with E-state index < -0.39 is 6.61 Å². The molecular weight excluding hydrogens is 394 g/mol. The van der Waals surface area contributed by atoms with Crippen LogP contribution in [0.5, 0.6) is 17.2 Å². The molecule has 2 aromatic rings. The molecule has 0 aromatic heterocycles. The molecule has 0 spiro atoms. The van der Waals surface area contributed by atoms with Gasteiger partial charge in [0.2, 0.25) is 6.79 Å². The van der Waals surface area contributed by atoms with Crippen LogP contribution in [0.2, 0.25) is 0 Å². The molecule has 0 fully saturated rings. The van der Waals surface area contributed by atoms with Crippen molar-refractivity contribution in [1.29, 1.82) is 0 Å². The lowest BCUT2D eigenvalue weighted by atomic mass is 10.1. The van der Waals surface area contributed by atoms with Gasteiger partial charge in [-0.3, -0.25) is 4.99 Å². The molecule has 0 bridgehead atoms. The molecule has 0 radical (unpaired) electrons. The highest BCUT2D eigenvalue weighted by Gasteiger charge is 2.20. The highest BCUT2D eigenvalue weighted by atomic mass is 19.3. The monoisotopic (exact) mass is 420 g/mol. The van der Waals surface area contributed by atoms with Crippen molar-refractivity contribution in [2.45, 2.75) is 19.6 Å². The van der Waals surface area contributed by atoms with Crippen molar-refractivity contribution in [2.75, 3.05) is 39.4 Å². The largest absolute Gasteiger partial charge is 0.454 e. The van der Waals surface area contributed by atoms with Crippen molar-refractivity contribution in [3.05, 3.63) is 47.5 Å². The predicted molar refractivity (Wildman–Crippen MR) is 112 cm³/mol. The van der Waals surface area contributed by atoms with E-state index in [9.17, 15) is 8.78 Å². The third-order valence-electron chi connectivity index (χ3n) is 4.60. The number of guanidine groups is 1. The summed E-state index contributed by atoms with van der Waals surface area (Å²) in [7, 11) is 5.66. The summed E-state index contributed by atoms with van der Waals surface area (Å²) in [5.41, 5.74) is 2.86. The first-order valence-corrected chi connectivity index (χ1v) is 9.54. The smallest absolute Gasteiger partial charge is 0.387 e. The summed E-state index contributed by atoms with van der Waals surface area (Å²) in [4.78, 5) is 6.23. The van der Waals surface area contributed by atoms with Gasteiger partial charge >= 0.3 is 6.61 Å². The normalized spacial score (nSPS) is 12.8. The van der Waals surface area contributed by atoms with Crippen molar-refractivity contribution >= 4 is 11.6 Å². The van der Waals surface area contributed by atoms with E-state index in [1.165, 1.54) is 11.6 Å². The number of rotatable bonds is 8. The lowest BCUT2D eigenvalue weighted by Gasteiger charge is -2.15. The van der Waals surface area contributed by atoms with Gasteiger partial charge in [-0.2, -0.15) is 8.78 Å². The van der Waals surface area contributed by atoms with E-state index >= 15 is 0 Å². The number of nitrogens with one attached hydrogen (secondary N) is 2. The minimum absolute atomic E-state index is 0.0400. The van der Waals surface area contributed by atoms with Crippen molar-refractivity contribution < 1.29 is 23.0 Å². The maximum absolute atomic E-state index is 12.8.